The Morgan fingerprint density at radius 3 is 2.68 bits per heavy atom. The van der Waals surface area contributed by atoms with Crippen molar-refractivity contribution >= 4 is 28.7 Å². The Bertz CT molecular complexity index is 980. The summed E-state index contributed by atoms with van der Waals surface area (Å²) in [4.78, 5) is 6.60. The quantitative estimate of drug-likeness (QED) is 0.584. The largest absolute Gasteiger partial charge is 0.378 e. The highest BCUT2D eigenvalue weighted by Crippen LogP contribution is 2.41. The molecule has 2 fully saturated rings. The second kappa shape index (κ2) is 7.32. The zero-order valence-electron chi connectivity index (χ0n) is 15.2. The number of hydrogen-bond donors (Lipinski definition) is 0. The van der Waals surface area contributed by atoms with Crippen LogP contribution >= 0.6 is 11.8 Å². The first-order valence-corrected chi connectivity index (χ1v) is 10.4. The molecule has 10 heteroatoms. The van der Waals surface area contributed by atoms with E-state index in [1.54, 1.807) is 24.3 Å². The number of aromatic nitrogens is 5. The standard InChI is InChI=1S/C18H20F2N6OS/c19-16(20)26-14-4-2-1-3-13(14)21-15(26)11-28-18-23-22-17(25(18)12-5-6-12)24-7-9-27-10-8-24/h1-4,12,16H,5-11H2. The number of halogens is 2. The van der Waals surface area contributed by atoms with Crippen LogP contribution in [0.4, 0.5) is 14.7 Å². The van der Waals surface area contributed by atoms with Crippen LogP contribution in [0, 0.1) is 0 Å². The first-order chi connectivity index (χ1) is 13.7. The van der Waals surface area contributed by atoms with Crippen molar-refractivity contribution in [3.05, 3.63) is 30.1 Å². The first-order valence-electron chi connectivity index (χ1n) is 9.37. The van der Waals surface area contributed by atoms with Crippen molar-refractivity contribution < 1.29 is 13.5 Å². The molecule has 2 aromatic heterocycles. The number of para-hydroxylation sites is 2. The molecule has 0 amide bonds. The summed E-state index contributed by atoms with van der Waals surface area (Å²) in [5.41, 5.74) is 1.03. The molecule has 3 heterocycles. The van der Waals surface area contributed by atoms with E-state index in [-0.39, 0.29) is 0 Å². The summed E-state index contributed by atoms with van der Waals surface area (Å²) in [5, 5.41) is 9.53. The van der Waals surface area contributed by atoms with E-state index in [9.17, 15) is 8.78 Å². The molecule has 5 rings (SSSR count). The molecule has 1 aromatic carbocycles. The van der Waals surface area contributed by atoms with Gasteiger partial charge in [0, 0.05) is 19.1 Å². The van der Waals surface area contributed by atoms with E-state index in [0.717, 1.165) is 41.6 Å². The second-order valence-electron chi connectivity index (χ2n) is 6.94. The number of fused-ring (bicyclic) bond motifs is 1. The van der Waals surface area contributed by atoms with Crippen molar-refractivity contribution in [1.82, 2.24) is 24.3 Å². The average Bonchev–Trinajstić information content (AvgIpc) is 3.35. The van der Waals surface area contributed by atoms with Crippen LogP contribution < -0.4 is 4.90 Å². The van der Waals surface area contributed by atoms with Crippen LogP contribution in [0.3, 0.4) is 0 Å². The highest BCUT2D eigenvalue weighted by molar-refractivity contribution is 7.98. The molecule has 1 aliphatic carbocycles. The number of thioether (sulfide) groups is 1. The molecule has 148 valence electrons. The molecule has 1 saturated carbocycles. The number of ether oxygens (including phenoxy) is 1. The number of rotatable bonds is 6. The van der Waals surface area contributed by atoms with E-state index in [2.05, 4.69) is 24.6 Å². The molecule has 28 heavy (non-hydrogen) atoms. The number of anilines is 1. The number of benzene rings is 1. The Hall–Kier alpha value is -2.20. The van der Waals surface area contributed by atoms with E-state index in [0.29, 0.717) is 41.9 Å². The Morgan fingerprint density at radius 1 is 1.14 bits per heavy atom. The molecule has 0 bridgehead atoms. The van der Waals surface area contributed by atoms with Crippen molar-refractivity contribution in [2.45, 2.75) is 36.3 Å². The van der Waals surface area contributed by atoms with Crippen LogP contribution in [0.2, 0.25) is 0 Å². The van der Waals surface area contributed by atoms with Gasteiger partial charge < -0.3 is 9.64 Å². The van der Waals surface area contributed by atoms with E-state index in [4.69, 9.17) is 4.74 Å². The lowest BCUT2D eigenvalue weighted by atomic mass is 10.3. The summed E-state index contributed by atoms with van der Waals surface area (Å²) in [5.74, 6) is 1.52. The Morgan fingerprint density at radius 2 is 1.93 bits per heavy atom. The van der Waals surface area contributed by atoms with Gasteiger partial charge in [0.05, 0.1) is 30.0 Å². The molecule has 0 N–H and O–H groups in total. The van der Waals surface area contributed by atoms with Gasteiger partial charge in [-0.3, -0.25) is 9.13 Å². The van der Waals surface area contributed by atoms with Crippen LogP contribution in [0.25, 0.3) is 11.0 Å². The predicted molar refractivity (Wildman–Crippen MR) is 102 cm³/mol. The summed E-state index contributed by atoms with van der Waals surface area (Å²) in [6, 6.07) is 7.38. The molecule has 7 nitrogen and oxygen atoms in total. The Labute approximate surface area is 164 Å². The molecule has 1 aliphatic heterocycles. The molecule has 0 atom stereocenters. The third-order valence-electron chi connectivity index (χ3n) is 5.05. The fourth-order valence-electron chi connectivity index (χ4n) is 3.54. The Balaban J connectivity index is 1.42. The molecule has 3 aromatic rings. The number of morpholine rings is 1. The van der Waals surface area contributed by atoms with E-state index < -0.39 is 6.55 Å². The molecule has 0 radical (unpaired) electrons. The number of nitrogens with zero attached hydrogens (tertiary/aromatic N) is 6. The van der Waals surface area contributed by atoms with Gasteiger partial charge in [-0.1, -0.05) is 23.9 Å². The third kappa shape index (κ3) is 3.24. The summed E-state index contributed by atoms with van der Waals surface area (Å²) in [6.45, 7) is 0.303. The molecule has 0 spiro atoms. The van der Waals surface area contributed by atoms with Crippen LogP contribution in [0.1, 0.15) is 31.3 Å². The first kappa shape index (κ1) is 17.9. The minimum absolute atomic E-state index is 0.312. The monoisotopic (exact) mass is 406 g/mol. The van der Waals surface area contributed by atoms with Crippen molar-refractivity contribution in [3.63, 3.8) is 0 Å². The highest BCUT2D eigenvalue weighted by atomic mass is 32.2. The second-order valence-corrected chi connectivity index (χ2v) is 7.88. The zero-order valence-corrected chi connectivity index (χ0v) is 16.0. The molecule has 0 unspecified atom stereocenters. The summed E-state index contributed by atoms with van der Waals surface area (Å²) < 4.78 is 35.9. The number of alkyl halides is 2. The fraction of sp³-hybridized carbons (Fsp3) is 0.500. The Kier molecular flexibility index (Phi) is 4.67. The van der Waals surface area contributed by atoms with Crippen molar-refractivity contribution in [1.29, 1.82) is 0 Å². The van der Waals surface area contributed by atoms with Crippen LogP contribution in [-0.4, -0.2) is 50.6 Å². The van der Waals surface area contributed by atoms with Gasteiger partial charge in [-0.25, -0.2) is 4.98 Å². The molecular weight excluding hydrogens is 386 g/mol. The molecular formula is C18H20F2N6OS. The topological polar surface area (TPSA) is 61.0 Å². The summed E-state index contributed by atoms with van der Waals surface area (Å²) in [7, 11) is 0. The highest BCUT2D eigenvalue weighted by Gasteiger charge is 2.32. The summed E-state index contributed by atoms with van der Waals surface area (Å²) in [6.07, 6.45) is 2.19. The SMILES string of the molecule is FC(F)n1c(CSc2nnc(N3CCOCC3)n2C2CC2)nc2ccccc21. The van der Waals surface area contributed by atoms with Crippen LogP contribution in [-0.2, 0) is 10.5 Å². The minimum Gasteiger partial charge on any atom is -0.378 e. The lowest BCUT2D eigenvalue weighted by molar-refractivity contribution is 0.0722. The number of imidazole rings is 1. The van der Waals surface area contributed by atoms with E-state index >= 15 is 0 Å². The van der Waals surface area contributed by atoms with Gasteiger partial charge in [-0.15, -0.1) is 10.2 Å². The lowest BCUT2D eigenvalue weighted by Gasteiger charge is -2.27. The predicted octanol–water partition coefficient (Wildman–Crippen LogP) is 3.49. The van der Waals surface area contributed by atoms with Crippen molar-refractivity contribution in [2.24, 2.45) is 0 Å². The molecule has 2 aliphatic rings. The van der Waals surface area contributed by atoms with E-state index in [1.165, 1.54) is 11.8 Å². The average molecular weight is 406 g/mol. The van der Waals surface area contributed by atoms with Gasteiger partial charge in [0.2, 0.25) is 5.95 Å². The van der Waals surface area contributed by atoms with Gasteiger partial charge in [0.25, 0.3) is 0 Å². The maximum absolute atomic E-state index is 13.6. The van der Waals surface area contributed by atoms with Gasteiger partial charge in [-0.05, 0) is 25.0 Å². The van der Waals surface area contributed by atoms with Crippen molar-refractivity contribution in [3.8, 4) is 0 Å². The zero-order chi connectivity index (χ0) is 19.1. The van der Waals surface area contributed by atoms with Crippen molar-refractivity contribution in [2.75, 3.05) is 31.2 Å². The van der Waals surface area contributed by atoms with Gasteiger partial charge in [0.1, 0.15) is 5.82 Å². The van der Waals surface area contributed by atoms with E-state index in [1.807, 2.05) is 0 Å². The smallest absolute Gasteiger partial charge is 0.320 e. The molecule has 1 saturated heterocycles. The number of hydrogen-bond acceptors (Lipinski definition) is 6. The van der Waals surface area contributed by atoms with Crippen LogP contribution in [0.15, 0.2) is 29.4 Å². The van der Waals surface area contributed by atoms with Gasteiger partial charge in [0.15, 0.2) is 5.16 Å². The normalized spacial score (nSPS) is 17.8. The lowest BCUT2D eigenvalue weighted by Crippen LogP contribution is -2.38. The van der Waals surface area contributed by atoms with Gasteiger partial charge in [-0.2, -0.15) is 8.78 Å². The summed E-state index contributed by atoms with van der Waals surface area (Å²) >= 11 is 1.41. The van der Waals surface area contributed by atoms with Gasteiger partial charge >= 0.3 is 6.55 Å². The maximum Gasteiger partial charge on any atom is 0.320 e. The maximum atomic E-state index is 13.6. The minimum atomic E-state index is -2.63. The third-order valence-corrected chi connectivity index (χ3v) is 5.99. The van der Waals surface area contributed by atoms with Crippen LogP contribution in [0.5, 0.6) is 0 Å². The fourth-order valence-corrected chi connectivity index (χ4v) is 4.47.